The highest BCUT2D eigenvalue weighted by Gasteiger charge is 2.39. The Hall–Kier alpha value is -8.92. The Morgan fingerprint density at radius 1 is 0.319 bits per heavy atom. The Morgan fingerprint density at radius 2 is 0.622 bits per heavy atom. The molecule has 17 amide bonds. The third kappa shape index (κ3) is 43.7. The molecule has 0 radical (unpaired) electrons. The molecule has 0 aromatic heterocycles. The molecule has 0 rings (SSSR count). The standard InChI is InChI=1S/C79H142N18O20S2/c1-23-46(18)64(97-74(111)55(32-42(10)11)90-67(104)49(24-26-118-21)87-66(103)48(20)84-65(102)47(19)85-69(106)52(29-39(4)5)92-75(112)58(37-98)95-76(113)62(81)44(14)15)77(114)83-35-60(100)82-36-61(101)86-51(28-38(2)3)70(107)93-56(34-59(80)99)72(109)91-54(31-41(8)9)73(110)96-63(45(16)17)78(115)88-50(25-27-119-22)68(105)89-53(30-40(6)7)71(108)94-57(79(116)117)33-43(12)13/h38-58,62-64,98H,23-37,81H2,1-22H3,(H2,80,99)(H,82,100)(H,83,114)(H,84,102)(H,85,106)(H,86,101)(H,87,103)(H,88,115)(H,89,105)(H,90,104)(H,91,109)(H,92,112)(H,93,107)(H,94,108)(H,95,113)(H,96,110)(H,97,111)(H,116,117)/t46-,47-,48-,49-,50-,51-,52-,53-,54-,55-,56-,57-,58-,62-,63-,64-/m0/s1. The lowest BCUT2D eigenvalue weighted by Gasteiger charge is -2.29. The predicted molar refractivity (Wildman–Crippen MR) is 453 cm³/mol. The number of aliphatic hydroxyl groups excluding tert-OH is 1. The molecule has 0 aliphatic rings. The van der Waals surface area contributed by atoms with Crippen LogP contribution >= 0.6 is 23.5 Å². The highest BCUT2D eigenvalue weighted by atomic mass is 32.2. The number of thioether (sulfide) groups is 2. The minimum absolute atomic E-state index is 0.0332. The molecular formula is C79H142N18O20S2. The summed E-state index contributed by atoms with van der Waals surface area (Å²) >= 11 is 2.73. The summed E-state index contributed by atoms with van der Waals surface area (Å²) in [6.07, 6.45) is 3.57. The number of carboxylic acids is 1. The first-order valence-electron chi connectivity index (χ1n) is 41.0. The highest BCUT2D eigenvalue weighted by molar-refractivity contribution is 7.98. The molecule has 0 spiro atoms. The van der Waals surface area contributed by atoms with Gasteiger partial charge in [0, 0.05) is 0 Å². The van der Waals surface area contributed by atoms with Gasteiger partial charge in [0.05, 0.1) is 32.2 Å². The van der Waals surface area contributed by atoms with Crippen LogP contribution in [-0.4, -0.2) is 251 Å². The first-order chi connectivity index (χ1) is 55.3. The molecule has 0 aromatic carbocycles. The molecule has 680 valence electrons. The van der Waals surface area contributed by atoms with Crippen molar-refractivity contribution in [3.8, 4) is 0 Å². The molecule has 0 fully saturated rings. The van der Waals surface area contributed by atoms with Gasteiger partial charge in [0.15, 0.2) is 0 Å². The molecule has 0 aromatic rings. The van der Waals surface area contributed by atoms with Gasteiger partial charge >= 0.3 is 5.97 Å². The summed E-state index contributed by atoms with van der Waals surface area (Å²) in [5.41, 5.74) is 11.5. The van der Waals surface area contributed by atoms with Gasteiger partial charge in [0.1, 0.15) is 84.6 Å². The van der Waals surface area contributed by atoms with Gasteiger partial charge in [-0.05, 0) is 142 Å². The van der Waals surface area contributed by atoms with Crippen LogP contribution in [0.2, 0.25) is 0 Å². The van der Waals surface area contributed by atoms with Crippen molar-refractivity contribution in [1.29, 1.82) is 0 Å². The molecule has 0 bridgehead atoms. The molecule has 0 aliphatic heterocycles. The topological polar surface area (TPSA) is 592 Å². The van der Waals surface area contributed by atoms with Crippen molar-refractivity contribution in [2.45, 2.75) is 293 Å². The Kier molecular flexibility index (Phi) is 52.3. The molecular weight excluding hydrogens is 1590 g/mol. The Morgan fingerprint density at radius 3 is 0.992 bits per heavy atom. The summed E-state index contributed by atoms with van der Waals surface area (Å²) in [6.45, 7) is 31.7. The second-order valence-corrected chi connectivity index (χ2v) is 35.5. The van der Waals surface area contributed by atoms with E-state index in [2.05, 4.69) is 85.1 Å². The lowest BCUT2D eigenvalue weighted by molar-refractivity contribution is -0.143. The largest absolute Gasteiger partial charge is 0.480 e. The number of aliphatic hydroxyl groups is 1. The predicted octanol–water partition coefficient (Wildman–Crippen LogP) is -1.53. The molecule has 38 nitrogen and oxygen atoms in total. The average Bonchev–Trinajstić information content (AvgIpc) is 0.861. The van der Waals surface area contributed by atoms with Crippen LogP contribution in [0, 0.1) is 53.3 Å². The van der Waals surface area contributed by atoms with Crippen LogP contribution in [-0.2, 0) is 86.3 Å². The Bertz CT molecular complexity index is 3370. The number of rotatable bonds is 58. The van der Waals surface area contributed by atoms with Crippen molar-refractivity contribution in [3.63, 3.8) is 0 Å². The number of aliphatic carboxylic acids is 1. The zero-order chi connectivity index (χ0) is 91.6. The van der Waals surface area contributed by atoms with E-state index in [1.807, 2.05) is 13.8 Å². The third-order valence-corrected chi connectivity index (χ3v) is 20.1. The van der Waals surface area contributed by atoms with Gasteiger partial charge in [0.2, 0.25) is 100 Å². The zero-order valence-electron chi connectivity index (χ0n) is 73.7. The molecule has 0 saturated carbocycles. The van der Waals surface area contributed by atoms with E-state index in [0.717, 1.165) is 0 Å². The van der Waals surface area contributed by atoms with E-state index >= 15 is 0 Å². The second-order valence-electron chi connectivity index (χ2n) is 33.5. The number of carbonyl (C=O) groups is 18. The van der Waals surface area contributed by atoms with Gasteiger partial charge < -0.3 is 107 Å². The first-order valence-corrected chi connectivity index (χ1v) is 43.8. The highest BCUT2D eigenvalue weighted by Crippen LogP contribution is 2.17. The fourth-order valence-corrected chi connectivity index (χ4v) is 12.8. The SMILES string of the molecule is CC[C@H](C)[C@H](NC(=O)[C@H](CC(C)C)NC(=O)[C@H](CCSC)NC(=O)[C@H](C)NC(=O)[C@H](C)NC(=O)[C@H](CC(C)C)NC(=O)[C@H](CO)NC(=O)[C@@H](N)C(C)C)C(=O)NCC(=O)NCC(=O)N[C@@H](CC(C)C)C(=O)N[C@@H](CC(N)=O)C(=O)N[C@@H](CC(C)C)C(=O)N[C@H](C(=O)N[C@@H](CCSC)C(=O)N[C@@H](CC(C)C)C(=O)N[C@@H](CC(C)C)C(=O)O)C(C)C. The number of nitrogens with two attached hydrogens (primary N) is 2. The summed E-state index contributed by atoms with van der Waals surface area (Å²) in [5.74, 6) is -17.5. The van der Waals surface area contributed by atoms with Crippen LogP contribution in [0.15, 0.2) is 0 Å². The number of carboxylic acid groups (broad SMARTS) is 1. The van der Waals surface area contributed by atoms with E-state index < -0.39 is 235 Å². The Labute approximate surface area is 709 Å². The van der Waals surface area contributed by atoms with Gasteiger partial charge in [-0.1, -0.05) is 131 Å². The van der Waals surface area contributed by atoms with Crippen LogP contribution in [0.25, 0.3) is 0 Å². The van der Waals surface area contributed by atoms with Gasteiger partial charge in [-0.2, -0.15) is 23.5 Å². The number of carbonyl (C=O) groups excluding carboxylic acids is 17. The minimum atomic E-state index is -1.73. The van der Waals surface area contributed by atoms with Gasteiger partial charge in [0.25, 0.3) is 0 Å². The molecule has 22 N–H and O–H groups in total. The summed E-state index contributed by atoms with van der Waals surface area (Å²) in [6, 6.07) is -19.5. The van der Waals surface area contributed by atoms with E-state index in [1.165, 1.54) is 37.4 Å². The van der Waals surface area contributed by atoms with Gasteiger partial charge in [-0.25, -0.2) is 4.79 Å². The Balaban J connectivity index is 6.41. The third-order valence-electron chi connectivity index (χ3n) is 18.8. The summed E-state index contributed by atoms with van der Waals surface area (Å²) in [4.78, 5) is 245. The molecule has 16 atom stereocenters. The monoisotopic (exact) mass is 1730 g/mol. The maximum Gasteiger partial charge on any atom is 0.326 e. The summed E-state index contributed by atoms with van der Waals surface area (Å²) < 4.78 is 0. The van der Waals surface area contributed by atoms with Crippen molar-refractivity contribution in [2.24, 2.45) is 64.7 Å². The number of primary amides is 1. The maximum atomic E-state index is 14.3. The van der Waals surface area contributed by atoms with E-state index in [1.54, 1.807) is 123 Å². The smallest absolute Gasteiger partial charge is 0.326 e. The lowest BCUT2D eigenvalue weighted by atomic mass is 9.96. The maximum absolute atomic E-state index is 14.3. The van der Waals surface area contributed by atoms with Crippen LogP contribution in [0.3, 0.4) is 0 Å². The van der Waals surface area contributed by atoms with E-state index in [0.29, 0.717) is 17.9 Å². The summed E-state index contributed by atoms with van der Waals surface area (Å²) in [5, 5.41) is 60.7. The fourth-order valence-electron chi connectivity index (χ4n) is 11.9. The number of hydrogen-bond donors (Lipinski definition) is 20. The van der Waals surface area contributed by atoms with Crippen LogP contribution in [0.1, 0.15) is 203 Å². The van der Waals surface area contributed by atoms with Crippen molar-refractivity contribution in [1.82, 2.24) is 85.1 Å². The molecule has 0 saturated heterocycles. The van der Waals surface area contributed by atoms with Crippen molar-refractivity contribution in [2.75, 3.05) is 43.7 Å². The van der Waals surface area contributed by atoms with Crippen molar-refractivity contribution in [3.05, 3.63) is 0 Å². The number of hydrogen-bond acceptors (Lipinski definition) is 22. The zero-order valence-corrected chi connectivity index (χ0v) is 75.3. The van der Waals surface area contributed by atoms with E-state index in [4.69, 9.17) is 11.5 Å². The second kappa shape index (κ2) is 56.6. The normalized spacial score (nSPS) is 15.5. The molecule has 0 aliphatic carbocycles. The number of amides is 17. The summed E-state index contributed by atoms with van der Waals surface area (Å²) in [7, 11) is 0. The number of nitrogens with one attached hydrogen (secondary N) is 16. The van der Waals surface area contributed by atoms with E-state index in [9.17, 15) is 96.5 Å². The average molecular weight is 1730 g/mol. The van der Waals surface area contributed by atoms with Crippen LogP contribution in [0.5, 0.6) is 0 Å². The van der Waals surface area contributed by atoms with Crippen molar-refractivity contribution >= 4 is 130 Å². The van der Waals surface area contributed by atoms with E-state index in [-0.39, 0.29) is 92.8 Å². The fraction of sp³-hybridized carbons (Fsp3) is 0.772. The van der Waals surface area contributed by atoms with Gasteiger partial charge in [-0.3, -0.25) is 81.5 Å². The van der Waals surface area contributed by atoms with Crippen LogP contribution in [0.4, 0.5) is 0 Å². The molecule has 0 heterocycles. The quantitative estimate of drug-likeness (QED) is 0.0328. The lowest BCUT2D eigenvalue weighted by Crippen LogP contribution is -2.61. The van der Waals surface area contributed by atoms with Crippen LogP contribution < -0.4 is 96.5 Å². The first kappa shape index (κ1) is 110. The van der Waals surface area contributed by atoms with Gasteiger partial charge in [-0.15, -0.1) is 0 Å². The molecule has 119 heavy (non-hydrogen) atoms. The molecule has 0 unspecified atom stereocenters. The molecule has 40 heteroatoms. The van der Waals surface area contributed by atoms with Crippen molar-refractivity contribution < 1.29 is 96.5 Å². The minimum Gasteiger partial charge on any atom is -0.480 e.